The number of aromatic nitrogens is 2. The van der Waals surface area contributed by atoms with E-state index < -0.39 is 0 Å². The van der Waals surface area contributed by atoms with Gasteiger partial charge in [0, 0.05) is 17.2 Å². The molecule has 0 aliphatic rings. The zero-order valence-corrected chi connectivity index (χ0v) is 13.2. The normalized spacial score (nSPS) is 10.8. The lowest BCUT2D eigenvalue weighted by Gasteiger charge is -2.15. The van der Waals surface area contributed by atoms with Crippen LogP contribution in [0.15, 0.2) is 18.2 Å². The van der Waals surface area contributed by atoms with Crippen LogP contribution in [0.25, 0.3) is 0 Å². The third kappa shape index (κ3) is 3.24. The quantitative estimate of drug-likeness (QED) is 0.899. The van der Waals surface area contributed by atoms with E-state index in [9.17, 15) is 0 Å². The van der Waals surface area contributed by atoms with Crippen LogP contribution in [0.1, 0.15) is 36.7 Å². The summed E-state index contributed by atoms with van der Waals surface area (Å²) < 4.78 is 5.22. The predicted molar refractivity (Wildman–Crippen MR) is 86.3 cm³/mol. The van der Waals surface area contributed by atoms with Gasteiger partial charge >= 0.3 is 0 Å². The first-order chi connectivity index (χ1) is 9.92. The second-order valence-corrected chi connectivity index (χ2v) is 5.40. The SMILES string of the molecule is COc1ccc(Nc2nc(C(C)C)nc(N)c2C)c(C)c1. The van der Waals surface area contributed by atoms with E-state index in [4.69, 9.17) is 10.5 Å². The van der Waals surface area contributed by atoms with Gasteiger partial charge < -0.3 is 15.8 Å². The maximum absolute atomic E-state index is 5.99. The number of benzene rings is 1. The molecule has 0 radical (unpaired) electrons. The van der Waals surface area contributed by atoms with E-state index in [0.717, 1.165) is 34.2 Å². The molecule has 2 aromatic rings. The van der Waals surface area contributed by atoms with Crippen molar-refractivity contribution in [3.63, 3.8) is 0 Å². The number of anilines is 3. The summed E-state index contributed by atoms with van der Waals surface area (Å²) >= 11 is 0. The standard InChI is InChI=1S/C16H22N4O/c1-9(2)15-19-14(17)11(4)16(20-15)18-13-7-6-12(21-5)8-10(13)3/h6-9H,1-5H3,(H3,17,18,19,20). The number of aryl methyl sites for hydroxylation is 1. The van der Waals surface area contributed by atoms with Gasteiger partial charge in [0.15, 0.2) is 0 Å². The van der Waals surface area contributed by atoms with Gasteiger partial charge in [-0.2, -0.15) is 0 Å². The van der Waals surface area contributed by atoms with Gasteiger partial charge in [-0.1, -0.05) is 13.8 Å². The largest absolute Gasteiger partial charge is 0.497 e. The number of nitrogens with two attached hydrogens (primary N) is 1. The first kappa shape index (κ1) is 15.1. The molecule has 0 spiro atoms. The summed E-state index contributed by atoms with van der Waals surface area (Å²) in [5.41, 5.74) is 8.90. The molecule has 0 bridgehead atoms. The Balaban J connectivity index is 2.39. The molecule has 0 saturated carbocycles. The van der Waals surface area contributed by atoms with Crippen molar-refractivity contribution in [2.75, 3.05) is 18.2 Å². The summed E-state index contributed by atoms with van der Waals surface area (Å²) in [6.45, 7) is 8.04. The third-order valence-corrected chi connectivity index (χ3v) is 3.40. The summed E-state index contributed by atoms with van der Waals surface area (Å²) in [4.78, 5) is 8.91. The highest BCUT2D eigenvalue weighted by molar-refractivity contribution is 5.66. The average molecular weight is 286 g/mol. The topological polar surface area (TPSA) is 73.1 Å². The van der Waals surface area contributed by atoms with Crippen LogP contribution in [0.4, 0.5) is 17.3 Å². The smallest absolute Gasteiger partial charge is 0.139 e. The minimum atomic E-state index is 0.227. The summed E-state index contributed by atoms with van der Waals surface area (Å²) in [5.74, 6) is 3.07. The summed E-state index contributed by atoms with van der Waals surface area (Å²) in [7, 11) is 1.66. The van der Waals surface area contributed by atoms with Crippen LogP contribution in [-0.4, -0.2) is 17.1 Å². The fourth-order valence-electron chi connectivity index (χ4n) is 1.96. The van der Waals surface area contributed by atoms with Crippen LogP contribution in [0, 0.1) is 13.8 Å². The van der Waals surface area contributed by atoms with Gasteiger partial charge in [-0.25, -0.2) is 9.97 Å². The molecular formula is C16H22N4O. The second kappa shape index (κ2) is 5.99. The minimum Gasteiger partial charge on any atom is -0.497 e. The number of hydrogen-bond donors (Lipinski definition) is 2. The summed E-state index contributed by atoms with van der Waals surface area (Å²) in [6, 6.07) is 5.87. The predicted octanol–water partition coefficient (Wildman–Crippen LogP) is 3.55. The fraction of sp³-hybridized carbons (Fsp3) is 0.375. The molecule has 5 heteroatoms. The molecule has 112 valence electrons. The number of methoxy groups -OCH3 is 1. The molecule has 21 heavy (non-hydrogen) atoms. The van der Waals surface area contributed by atoms with Crippen molar-refractivity contribution in [1.82, 2.24) is 9.97 Å². The van der Waals surface area contributed by atoms with E-state index in [0.29, 0.717) is 5.82 Å². The molecule has 0 aliphatic heterocycles. The van der Waals surface area contributed by atoms with Crippen molar-refractivity contribution in [3.05, 3.63) is 35.2 Å². The number of ether oxygens (including phenoxy) is 1. The van der Waals surface area contributed by atoms with Gasteiger partial charge in [-0.3, -0.25) is 0 Å². The highest BCUT2D eigenvalue weighted by Gasteiger charge is 2.12. The molecule has 3 N–H and O–H groups in total. The van der Waals surface area contributed by atoms with Gasteiger partial charge in [-0.05, 0) is 37.6 Å². The Morgan fingerprint density at radius 2 is 1.90 bits per heavy atom. The lowest BCUT2D eigenvalue weighted by atomic mass is 10.1. The zero-order chi connectivity index (χ0) is 15.6. The van der Waals surface area contributed by atoms with Gasteiger partial charge in [0.1, 0.15) is 23.2 Å². The van der Waals surface area contributed by atoms with Crippen LogP contribution in [0.2, 0.25) is 0 Å². The molecule has 2 rings (SSSR count). The Bertz CT molecular complexity index is 653. The lowest BCUT2D eigenvalue weighted by Crippen LogP contribution is -2.08. The molecule has 1 aromatic carbocycles. The van der Waals surface area contributed by atoms with Crippen molar-refractivity contribution in [1.29, 1.82) is 0 Å². The summed E-state index contributed by atoms with van der Waals surface area (Å²) in [6.07, 6.45) is 0. The van der Waals surface area contributed by atoms with E-state index in [1.165, 1.54) is 0 Å². The molecule has 5 nitrogen and oxygen atoms in total. The molecule has 0 atom stereocenters. The van der Waals surface area contributed by atoms with Gasteiger partial charge in [0.2, 0.25) is 0 Å². The van der Waals surface area contributed by atoms with E-state index in [-0.39, 0.29) is 5.92 Å². The van der Waals surface area contributed by atoms with Crippen molar-refractivity contribution < 1.29 is 4.74 Å². The third-order valence-electron chi connectivity index (χ3n) is 3.40. The Morgan fingerprint density at radius 1 is 1.19 bits per heavy atom. The molecule has 0 saturated heterocycles. The molecule has 0 amide bonds. The van der Waals surface area contributed by atoms with Crippen LogP contribution in [-0.2, 0) is 0 Å². The number of nitrogens with zero attached hydrogens (tertiary/aromatic N) is 2. The lowest BCUT2D eigenvalue weighted by molar-refractivity contribution is 0.414. The molecule has 0 fully saturated rings. The van der Waals surface area contributed by atoms with Gasteiger partial charge in [-0.15, -0.1) is 0 Å². The van der Waals surface area contributed by atoms with Crippen molar-refractivity contribution in [2.24, 2.45) is 0 Å². The van der Waals surface area contributed by atoms with Gasteiger partial charge in [0.25, 0.3) is 0 Å². The van der Waals surface area contributed by atoms with Crippen LogP contribution in [0.5, 0.6) is 5.75 Å². The Kier molecular flexibility index (Phi) is 4.31. The second-order valence-electron chi connectivity index (χ2n) is 5.40. The first-order valence-corrected chi connectivity index (χ1v) is 6.98. The van der Waals surface area contributed by atoms with E-state index in [1.807, 2.05) is 45.9 Å². The van der Waals surface area contributed by atoms with Crippen molar-refractivity contribution in [3.8, 4) is 5.75 Å². The highest BCUT2D eigenvalue weighted by Crippen LogP contribution is 2.27. The Labute approximate surface area is 125 Å². The Morgan fingerprint density at radius 3 is 2.48 bits per heavy atom. The fourth-order valence-corrected chi connectivity index (χ4v) is 1.96. The van der Waals surface area contributed by atoms with Crippen molar-refractivity contribution in [2.45, 2.75) is 33.6 Å². The maximum Gasteiger partial charge on any atom is 0.139 e. The van der Waals surface area contributed by atoms with Crippen LogP contribution in [0.3, 0.4) is 0 Å². The summed E-state index contributed by atoms with van der Waals surface area (Å²) in [5, 5.41) is 3.34. The molecule has 1 heterocycles. The average Bonchev–Trinajstić information content (AvgIpc) is 2.45. The monoisotopic (exact) mass is 286 g/mol. The van der Waals surface area contributed by atoms with E-state index >= 15 is 0 Å². The van der Waals surface area contributed by atoms with E-state index in [2.05, 4.69) is 15.3 Å². The zero-order valence-electron chi connectivity index (χ0n) is 13.2. The van der Waals surface area contributed by atoms with Crippen LogP contribution >= 0.6 is 0 Å². The van der Waals surface area contributed by atoms with Crippen LogP contribution < -0.4 is 15.8 Å². The minimum absolute atomic E-state index is 0.227. The van der Waals surface area contributed by atoms with Crippen molar-refractivity contribution >= 4 is 17.3 Å². The molecule has 1 aromatic heterocycles. The van der Waals surface area contributed by atoms with E-state index in [1.54, 1.807) is 7.11 Å². The molecule has 0 unspecified atom stereocenters. The number of nitrogen functional groups attached to an aromatic ring is 1. The van der Waals surface area contributed by atoms with Gasteiger partial charge in [0.05, 0.1) is 7.11 Å². The number of rotatable bonds is 4. The number of nitrogens with one attached hydrogen (secondary N) is 1. The maximum atomic E-state index is 5.99. The Hall–Kier alpha value is -2.30. The molecule has 0 aliphatic carbocycles. The highest BCUT2D eigenvalue weighted by atomic mass is 16.5. The number of hydrogen-bond acceptors (Lipinski definition) is 5. The first-order valence-electron chi connectivity index (χ1n) is 6.98. The molecular weight excluding hydrogens is 264 g/mol.